The number of benzene rings is 2. The van der Waals surface area contributed by atoms with E-state index in [0.717, 1.165) is 54.9 Å². The zero-order chi connectivity index (χ0) is 26.0. The number of rotatable bonds is 8. The van der Waals surface area contributed by atoms with Crippen molar-refractivity contribution in [2.24, 2.45) is 5.92 Å². The SMILES string of the molecule is Cc1cc(CCC(=O)O)cc(CN2CCN(c3nc4ccc(C(F)(F)F)cc4s3)[C@H](CC(C)C)C2)c1. The van der Waals surface area contributed by atoms with E-state index in [9.17, 15) is 18.0 Å². The lowest BCUT2D eigenvalue weighted by Gasteiger charge is -2.42. The molecule has 36 heavy (non-hydrogen) atoms. The second-order valence-electron chi connectivity index (χ2n) is 10.1. The van der Waals surface area contributed by atoms with E-state index >= 15 is 0 Å². The van der Waals surface area contributed by atoms with E-state index in [2.05, 4.69) is 35.8 Å². The fourth-order valence-electron chi connectivity index (χ4n) is 4.97. The molecule has 0 saturated carbocycles. The van der Waals surface area contributed by atoms with Crippen molar-refractivity contribution in [3.05, 3.63) is 58.7 Å². The van der Waals surface area contributed by atoms with Gasteiger partial charge < -0.3 is 10.0 Å². The van der Waals surface area contributed by atoms with Gasteiger partial charge in [-0.2, -0.15) is 13.2 Å². The summed E-state index contributed by atoms with van der Waals surface area (Å²) in [6.07, 6.45) is -2.78. The molecule has 0 radical (unpaired) electrons. The first-order chi connectivity index (χ1) is 17.0. The van der Waals surface area contributed by atoms with Crippen LogP contribution in [0.25, 0.3) is 10.2 Å². The van der Waals surface area contributed by atoms with Crippen LogP contribution in [0.1, 0.15) is 48.9 Å². The van der Waals surface area contributed by atoms with Crippen LogP contribution in [-0.4, -0.2) is 46.6 Å². The first kappa shape index (κ1) is 26.4. The van der Waals surface area contributed by atoms with Crippen LogP contribution < -0.4 is 4.90 Å². The standard InChI is InChI=1S/C27H32F3N3O2S/c1-17(2)10-22-16-32(15-20-12-18(3)11-19(13-20)4-7-25(34)35)8-9-33(22)26-31-23-6-5-21(27(28,29)30)14-24(23)36-26/h5-6,11-14,17,22H,4,7-10,15-16H2,1-3H3,(H,34,35)/t22-/m1/s1. The number of fused-ring (bicyclic) bond motifs is 1. The minimum Gasteiger partial charge on any atom is -0.481 e. The molecule has 0 unspecified atom stereocenters. The summed E-state index contributed by atoms with van der Waals surface area (Å²) in [5, 5.41) is 9.80. The number of carboxylic acid groups (broad SMARTS) is 1. The largest absolute Gasteiger partial charge is 0.481 e. The van der Waals surface area contributed by atoms with E-state index in [4.69, 9.17) is 10.1 Å². The lowest BCUT2D eigenvalue weighted by Crippen LogP contribution is -2.53. The second-order valence-corrected chi connectivity index (χ2v) is 11.1. The van der Waals surface area contributed by atoms with E-state index < -0.39 is 17.7 Å². The van der Waals surface area contributed by atoms with E-state index in [-0.39, 0.29) is 12.5 Å². The van der Waals surface area contributed by atoms with Crippen LogP contribution >= 0.6 is 11.3 Å². The highest BCUT2D eigenvalue weighted by Crippen LogP contribution is 2.37. The summed E-state index contributed by atoms with van der Waals surface area (Å²) in [7, 11) is 0. The number of hydrogen-bond acceptors (Lipinski definition) is 5. The Balaban J connectivity index is 1.51. The average molecular weight is 520 g/mol. The van der Waals surface area contributed by atoms with Gasteiger partial charge in [0.15, 0.2) is 5.13 Å². The van der Waals surface area contributed by atoms with Crippen molar-refractivity contribution in [3.63, 3.8) is 0 Å². The quantitative estimate of drug-likeness (QED) is 0.374. The third-order valence-corrected chi connectivity index (χ3v) is 7.55. The average Bonchev–Trinajstić information content (AvgIpc) is 3.19. The Morgan fingerprint density at radius 2 is 1.92 bits per heavy atom. The van der Waals surface area contributed by atoms with Gasteiger partial charge >= 0.3 is 12.1 Å². The van der Waals surface area contributed by atoms with Crippen molar-refractivity contribution in [1.29, 1.82) is 0 Å². The van der Waals surface area contributed by atoms with Crippen LogP contribution in [0, 0.1) is 12.8 Å². The number of carbonyl (C=O) groups is 1. The van der Waals surface area contributed by atoms with Crippen LogP contribution in [0.2, 0.25) is 0 Å². The number of piperazine rings is 1. The van der Waals surface area contributed by atoms with Crippen LogP contribution in [0.4, 0.5) is 18.3 Å². The van der Waals surface area contributed by atoms with Crippen molar-refractivity contribution < 1.29 is 23.1 Å². The molecule has 3 aromatic rings. The highest BCUT2D eigenvalue weighted by atomic mass is 32.1. The van der Waals surface area contributed by atoms with Crippen molar-refractivity contribution >= 4 is 32.7 Å². The molecule has 1 aliphatic rings. The summed E-state index contributed by atoms with van der Waals surface area (Å²) in [5.41, 5.74) is 3.29. The highest BCUT2D eigenvalue weighted by Gasteiger charge is 2.32. The summed E-state index contributed by atoms with van der Waals surface area (Å²) in [4.78, 5) is 20.4. The number of halogens is 3. The fraction of sp³-hybridized carbons (Fsp3) is 0.481. The molecule has 5 nitrogen and oxygen atoms in total. The highest BCUT2D eigenvalue weighted by molar-refractivity contribution is 7.22. The molecular weight excluding hydrogens is 487 g/mol. The number of aliphatic carboxylic acids is 1. The van der Waals surface area contributed by atoms with Crippen molar-refractivity contribution in [2.75, 3.05) is 24.5 Å². The molecule has 0 bridgehead atoms. The number of thiazole rings is 1. The van der Waals surface area contributed by atoms with Gasteiger partial charge in [0.05, 0.1) is 15.8 Å². The number of aromatic nitrogens is 1. The topological polar surface area (TPSA) is 56.7 Å². The molecule has 1 atom stereocenters. The van der Waals surface area contributed by atoms with Gasteiger partial charge in [-0.25, -0.2) is 4.98 Å². The third kappa shape index (κ3) is 6.56. The Kier molecular flexibility index (Phi) is 7.90. The van der Waals surface area contributed by atoms with Gasteiger partial charge in [0, 0.05) is 38.6 Å². The summed E-state index contributed by atoms with van der Waals surface area (Å²) in [6, 6.07) is 10.3. The van der Waals surface area contributed by atoms with E-state index in [1.54, 1.807) is 0 Å². The van der Waals surface area contributed by atoms with Crippen LogP contribution in [0.5, 0.6) is 0 Å². The molecule has 1 N–H and O–H groups in total. The summed E-state index contributed by atoms with van der Waals surface area (Å²) in [6.45, 7) is 9.57. The number of aryl methyl sites for hydroxylation is 2. The van der Waals surface area contributed by atoms with Crippen molar-refractivity contribution in [2.45, 2.75) is 58.8 Å². The molecule has 2 heterocycles. The minimum absolute atomic E-state index is 0.116. The van der Waals surface area contributed by atoms with Gasteiger partial charge in [-0.1, -0.05) is 48.9 Å². The lowest BCUT2D eigenvalue weighted by atomic mass is 9.99. The maximum absolute atomic E-state index is 13.2. The van der Waals surface area contributed by atoms with Gasteiger partial charge in [0.2, 0.25) is 0 Å². The molecule has 0 aliphatic carbocycles. The summed E-state index contributed by atoms with van der Waals surface area (Å²) >= 11 is 1.33. The maximum atomic E-state index is 13.2. The molecule has 1 aliphatic heterocycles. The summed E-state index contributed by atoms with van der Waals surface area (Å²) < 4.78 is 40.1. The first-order valence-corrected chi connectivity index (χ1v) is 13.1. The third-order valence-electron chi connectivity index (χ3n) is 6.49. The van der Waals surface area contributed by atoms with Gasteiger partial charge in [0.25, 0.3) is 0 Å². The van der Waals surface area contributed by atoms with Gasteiger partial charge in [-0.05, 0) is 55.0 Å². The molecule has 194 valence electrons. The Hall–Kier alpha value is -2.65. The fourth-order valence-corrected chi connectivity index (χ4v) is 6.07. The monoisotopic (exact) mass is 519 g/mol. The Bertz CT molecular complexity index is 1220. The first-order valence-electron chi connectivity index (χ1n) is 12.3. The lowest BCUT2D eigenvalue weighted by molar-refractivity contribution is -0.138. The van der Waals surface area contributed by atoms with Crippen molar-refractivity contribution in [3.8, 4) is 0 Å². The van der Waals surface area contributed by atoms with Gasteiger partial charge in [0.1, 0.15) is 0 Å². The molecule has 1 aromatic heterocycles. The second kappa shape index (κ2) is 10.8. The molecule has 4 rings (SSSR count). The van der Waals surface area contributed by atoms with Crippen LogP contribution in [0.3, 0.4) is 0 Å². The Morgan fingerprint density at radius 3 is 2.61 bits per heavy atom. The molecule has 9 heteroatoms. The number of anilines is 1. The molecule has 0 amide bonds. The normalized spacial score (nSPS) is 17.3. The number of hydrogen-bond donors (Lipinski definition) is 1. The summed E-state index contributed by atoms with van der Waals surface area (Å²) in [5.74, 6) is -0.333. The van der Waals surface area contributed by atoms with Crippen molar-refractivity contribution in [1.82, 2.24) is 9.88 Å². The predicted octanol–water partition coefficient (Wildman–Crippen LogP) is 6.38. The number of carboxylic acids is 1. The minimum atomic E-state index is -4.37. The van der Waals surface area contributed by atoms with Gasteiger partial charge in [-0.3, -0.25) is 9.69 Å². The van der Waals surface area contributed by atoms with E-state index in [1.165, 1.54) is 29.0 Å². The number of nitrogens with zero attached hydrogens (tertiary/aromatic N) is 3. The molecule has 1 saturated heterocycles. The maximum Gasteiger partial charge on any atom is 0.416 e. The Morgan fingerprint density at radius 1 is 1.17 bits per heavy atom. The molecule has 0 spiro atoms. The zero-order valence-corrected chi connectivity index (χ0v) is 21.6. The van der Waals surface area contributed by atoms with E-state index in [1.807, 2.05) is 13.0 Å². The van der Waals surface area contributed by atoms with E-state index in [0.29, 0.717) is 22.6 Å². The van der Waals surface area contributed by atoms with Gasteiger partial charge in [-0.15, -0.1) is 0 Å². The smallest absolute Gasteiger partial charge is 0.416 e. The molecule has 2 aromatic carbocycles. The predicted molar refractivity (Wildman–Crippen MR) is 138 cm³/mol. The Labute approximate surface area is 213 Å². The number of alkyl halides is 3. The van der Waals surface area contributed by atoms with Crippen LogP contribution in [0.15, 0.2) is 36.4 Å². The zero-order valence-electron chi connectivity index (χ0n) is 20.8. The molecule has 1 fully saturated rings. The molecular formula is C27H32F3N3O2S. The van der Waals surface area contributed by atoms with Crippen LogP contribution in [-0.2, 0) is 23.9 Å².